The molecule has 2 aromatic carbocycles. The second-order valence-corrected chi connectivity index (χ2v) is 8.48. The minimum absolute atomic E-state index is 0.0470. The van der Waals surface area contributed by atoms with E-state index in [-0.39, 0.29) is 31.0 Å². The van der Waals surface area contributed by atoms with Crippen LogP contribution in [0.1, 0.15) is 36.3 Å². The quantitative estimate of drug-likeness (QED) is 0.568. The van der Waals surface area contributed by atoms with Crippen molar-refractivity contribution >= 4 is 18.0 Å². The number of aliphatic carboxylic acids is 1. The van der Waals surface area contributed by atoms with Crippen LogP contribution in [0.3, 0.4) is 0 Å². The zero-order valence-electron chi connectivity index (χ0n) is 18.5. The highest BCUT2D eigenvalue weighted by Gasteiger charge is 2.32. The summed E-state index contributed by atoms with van der Waals surface area (Å²) in [5, 5.41) is 14.5. The number of carboxylic acid groups (broad SMARTS) is 1. The summed E-state index contributed by atoms with van der Waals surface area (Å²) in [4.78, 5) is 35.9. The highest BCUT2D eigenvalue weighted by molar-refractivity contribution is 5.82. The number of carbonyl (C=O) groups excluding carboxylic acids is 2. The molecule has 0 aromatic heterocycles. The summed E-state index contributed by atoms with van der Waals surface area (Å²) >= 11 is 0. The zero-order chi connectivity index (χ0) is 23.4. The zero-order valence-corrected chi connectivity index (χ0v) is 18.5. The molecule has 0 heterocycles. The Labute approximate surface area is 192 Å². The number of methoxy groups -OCH3 is 1. The molecular weight excluding hydrogens is 424 g/mol. The molecule has 8 nitrogen and oxygen atoms in total. The highest BCUT2D eigenvalue weighted by Crippen LogP contribution is 2.44. The Morgan fingerprint density at radius 2 is 1.67 bits per heavy atom. The molecule has 0 radical (unpaired) electrons. The molecular formula is C25H28N2O6. The molecule has 1 saturated carbocycles. The summed E-state index contributed by atoms with van der Waals surface area (Å²) in [7, 11) is 1.39. The van der Waals surface area contributed by atoms with Crippen molar-refractivity contribution in [3.05, 3.63) is 59.7 Å². The minimum Gasteiger partial charge on any atom is -0.481 e. The third-order valence-corrected chi connectivity index (χ3v) is 6.48. The van der Waals surface area contributed by atoms with Crippen LogP contribution in [0.2, 0.25) is 0 Å². The van der Waals surface area contributed by atoms with Crippen molar-refractivity contribution in [1.82, 2.24) is 10.6 Å². The van der Waals surface area contributed by atoms with Gasteiger partial charge in [-0.2, -0.15) is 0 Å². The van der Waals surface area contributed by atoms with E-state index in [0.29, 0.717) is 19.3 Å². The fourth-order valence-electron chi connectivity index (χ4n) is 4.74. The lowest BCUT2D eigenvalue weighted by atomic mass is 9.98. The number of carbonyl (C=O) groups is 3. The van der Waals surface area contributed by atoms with Gasteiger partial charge in [-0.25, -0.2) is 4.79 Å². The van der Waals surface area contributed by atoms with Gasteiger partial charge in [-0.3, -0.25) is 9.59 Å². The van der Waals surface area contributed by atoms with Gasteiger partial charge in [0.15, 0.2) is 6.10 Å². The monoisotopic (exact) mass is 452 g/mol. The Morgan fingerprint density at radius 3 is 2.24 bits per heavy atom. The first kappa shape index (κ1) is 22.8. The molecule has 33 heavy (non-hydrogen) atoms. The van der Waals surface area contributed by atoms with E-state index in [1.165, 1.54) is 7.11 Å². The average Bonchev–Trinajstić information content (AvgIpc) is 3.41. The van der Waals surface area contributed by atoms with Crippen molar-refractivity contribution in [1.29, 1.82) is 0 Å². The van der Waals surface area contributed by atoms with Crippen molar-refractivity contribution in [2.24, 2.45) is 5.92 Å². The molecule has 4 rings (SSSR count). The number of benzene rings is 2. The third-order valence-electron chi connectivity index (χ3n) is 6.48. The van der Waals surface area contributed by atoms with Crippen LogP contribution in [0.4, 0.5) is 4.79 Å². The molecule has 2 aliphatic rings. The molecule has 2 amide bonds. The highest BCUT2D eigenvalue weighted by atomic mass is 16.5. The number of hydrogen-bond acceptors (Lipinski definition) is 5. The number of ether oxygens (including phenoxy) is 2. The third kappa shape index (κ3) is 5.01. The second-order valence-electron chi connectivity index (χ2n) is 8.48. The SMILES string of the molecule is COC(CNC(=O)OCC1c2ccccc2-c2ccccc21)C(=O)N[C@H]1CC[C@@H](C(=O)O)C1. The smallest absolute Gasteiger partial charge is 0.407 e. The Balaban J connectivity index is 1.28. The molecule has 2 aromatic rings. The molecule has 8 heteroatoms. The molecule has 1 unspecified atom stereocenters. The van der Waals surface area contributed by atoms with Crippen LogP contribution < -0.4 is 10.6 Å². The van der Waals surface area contributed by atoms with Crippen molar-refractivity contribution in [2.75, 3.05) is 20.3 Å². The van der Waals surface area contributed by atoms with E-state index >= 15 is 0 Å². The molecule has 0 spiro atoms. The van der Waals surface area contributed by atoms with Gasteiger partial charge in [0.05, 0.1) is 12.5 Å². The van der Waals surface area contributed by atoms with E-state index in [1.807, 2.05) is 36.4 Å². The summed E-state index contributed by atoms with van der Waals surface area (Å²) in [5.41, 5.74) is 4.54. The van der Waals surface area contributed by atoms with Crippen LogP contribution in [0.25, 0.3) is 11.1 Å². The lowest BCUT2D eigenvalue weighted by molar-refractivity contribution is -0.141. The van der Waals surface area contributed by atoms with Crippen molar-refractivity contribution in [3.8, 4) is 11.1 Å². The summed E-state index contributed by atoms with van der Waals surface area (Å²) in [6, 6.07) is 16.0. The van der Waals surface area contributed by atoms with E-state index in [1.54, 1.807) is 0 Å². The molecule has 174 valence electrons. The van der Waals surface area contributed by atoms with Gasteiger partial charge >= 0.3 is 12.1 Å². The van der Waals surface area contributed by atoms with E-state index in [9.17, 15) is 14.4 Å². The standard InChI is InChI=1S/C25H28N2O6/c1-32-22(23(28)27-16-11-10-15(12-16)24(29)30)13-26-25(31)33-14-21-19-8-4-2-6-17(19)18-7-3-5-9-20(18)21/h2-9,15-16,21-22H,10-14H2,1H3,(H,26,31)(H,27,28)(H,29,30)/t15-,16+,22?/m1/s1. The molecule has 1 fully saturated rings. The van der Waals surface area contributed by atoms with Gasteiger partial charge in [0.2, 0.25) is 0 Å². The van der Waals surface area contributed by atoms with Gasteiger partial charge in [0, 0.05) is 19.1 Å². The number of hydrogen-bond donors (Lipinski definition) is 3. The summed E-state index contributed by atoms with van der Waals surface area (Å²) in [5.74, 6) is -1.70. The van der Waals surface area contributed by atoms with E-state index in [4.69, 9.17) is 14.6 Å². The number of nitrogens with one attached hydrogen (secondary N) is 2. The van der Waals surface area contributed by atoms with E-state index in [0.717, 1.165) is 22.3 Å². The molecule has 2 aliphatic carbocycles. The maximum absolute atomic E-state index is 12.5. The largest absolute Gasteiger partial charge is 0.481 e. The number of rotatable bonds is 8. The Kier molecular flexibility index (Phi) is 6.93. The molecule has 0 aliphatic heterocycles. The normalized spacial score (nSPS) is 19.9. The van der Waals surface area contributed by atoms with Crippen molar-refractivity contribution < 1.29 is 29.0 Å². The Morgan fingerprint density at radius 1 is 1.03 bits per heavy atom. The van der Waals surface area contributed by atoms with Crippen LogP contribution in [0.15, 0.2) is 48.5 Å². The van der Waals surface area contributed by atoms with Gasteiger partial charge in [-0.1, -0.05) is 48.5 Å². The van der Waals surface area contributed by atoms with Crippen LogP contribution >= 0.6 is 0 Å². The van der Waals surface area contributed by atoms with Gasteiger partial charge in [0.25, 0.3) is 5.91 Å². The predicted octanol–water partition coefficient (Wildman–Crippen LogP) is 2.91. The molecule has 0 saturated heterocycles. The van der Waals surface area contributed by atoms with Crippen molar-refractivity contribution in [2.45, 2.75) is 37.3 Å². The van der Waals surface area contributed by atoms with E-state index < -0.39 is 24.1 Å². The first-order valence-corrected chi connectivity index (χ1v) is 11.1. The fourth-order valence-corrected chi connectivity index (χ4v) is 4.74. The minimum atomic E-state index is -0.894. The maximum Gasteiger partial charge on any atom is 0.407 e. The molecule has 3 atom stereocenters. The summed E-state index contributed by atoms with van der Waals surface area (Å²) in [6.45, 7) is 0.135. The van der Waals surface area contributed by atoms with Crippen LogP contribution in [0.5, 0.6) is 0 Å². The van der Waals surface area contributed by atoms with E-state index in [2.05, 4.69) is 22.8 Å². The lowest BCUT2D eigenvalue weighted by Gasteiger charge is -2.20. The number of alkyl carbamates (subject to hydrolysis) is 1. The first-order valence-electron chi connectivity index (χ1n) is 11.1. The first-order chi connectivity index (χ1) is 16.0. The average molecular weight is 453 g/mol. The fraction of sp³-hybridized carbons (Fsp3) is 0.400. The summed E-state index contributed by atoms with van der Waals surface area (Å²) < 4.78 is 10.7. The Hall–Kier alpha value is -3.39. The number of carboxylic acids is 1. The summed E-state index contributed by atoms with van der Waals surface area (Å²) in [6.07, 6.45) is 0.0273. The topological polar surface area (TPSA) is 114 Å². The van der Waals surface area contributed by atoms with Gasteiger partial charge in [-0.15, -0.1) is 0 Å². The number of amides is 2. The number of fused-ring (bicyclic) bond motifs is 3. The van der Waals surface area contributed by atoms with Crippen LogP contribution in [-0.4, -0.2) is 55.5 Å². The lowest BCUT2D eigenvalue weighted by Crippen LogP contribution is -2.46. The molecule has 0 bridgehead atoms. The predicted molar refractivity (Wildman–Crippen MR) is 121 cm³/mol. The molecule has 3 N–H and O–H groups in total. The van der Waals surface area contributed by atoms with Crippen LogP contribution in [0, 0.1) is 5.92 Å². The second kappa shape index (κ2) is 10.0. The Bertz CT molecular complexity index is 994. The van der Waals surface area contributed by atoms with Crippen LogP contribution in [-0.2, 0) is 19.1 Å². The van der Waals surface area contributed by atoms with Gasteiger partial charge in [0.1, 0.15) is 6.61 Å². The maximum atomic E-state index is 12.5. The van der Waals surface area contributed by atoms with Crippen molar-refractivity contribution in [3.63, 3.8) is 0 Å². The van der Waals surface area contributed by atoms with Gasteiger partial charge in [-0.05, 0) is 41.5 Å². The van der Waals surface area contributed by atoms with Gasteiger partial charge < -0.3 is 25.2 Å².